The van der Waals surface area contributed by atoms with Crippen LogP contribution in [0, 0.1) is 5.92 Å². The summed E-state index contributed by atoms with van der Waals surface area (Å²) in [5, 5.41) is 3.57. The third-order valence-electron chi connectivity index (χ3n) is 3.92. The lowest BCUT2D eigenvalue weighted by Crippen LogP contribution is -2.47. The average molecular weight is 229 g/mol. The summed E-state index contributed by atoms with van der Waals surface area (Å²) in [6.45, 7) is 6.44. The second-order valence-electron chi connectivity index (χ2n) is 4.98. The molecule has 2 saturated heterocycles. The Kier molecular flexibility index (Phi) is 4.19. The standard InChI is InChI=1S/C12H23NO3/c1-10(11-3-5-15-7-11)13-8-12(14-2)4-6-16-9-12/h10-11,13H,3-9H2,1-2H3. The van der Waals surface area contributed by atoms with E-state index in [4.69, 9.17) is 14.2 Å². The molecule has 4 heteroatoms. The summed E-state index contributed by atoms with van der Waals surface area (Å²) in [4.78, 5) is 0. The molecule has 16 heavy (non-hydrogen) atoms. The van der Waals surface area contributed by atoms with Crippen LogP contribution in [-0.2, 0) is 14.2 Å². The lowest BCUT2D eigenvalue weighted by molar-refractivity contribution is -0.0183. The summed E-state index contributed by atoms with van der Waals surface area (Å²) in [7, 11) is 1.78. The molecule has 2 heterocycles. The molecule has 2 rings (SSSR count). The summed E-state index contributed by atoms with van der Waals surface area (Å²) in [5.74, 6) is 0.649. The smallest absolute Gasteiger partial charge is 0.106 e. The van der Waals surface area contributed by atoms with Gasteiger partial charge in [0.05, 0.1) is 13.2 Å². The highest BCUT2D eigenvalue weighted by atomic mass is 16.5. The largest absolute Gasteiger partial charge is 0.381 e. The second kappa shape index (κ2) is 5.45. The number of hydrogen-bond acceptors (Lipinski definition) is 4. The minimum Gasteiger partial charge on any atom is -0.381 e. The van der Waals surface area contributed by atoms with Gasteiger partial charge < -0.3 is 19.5 Å². The maximum Gasteiger partial charge on any atom is 0.106 e. The third kappa shape index (κ3) is 2.74. The molecule has 0 aliphatic carbocycles. The minimum absolute atomic E-state index is 0.103. The molecule has 2 fully saturated rings. The van der Waals surface area contributed by atoms with Gasteiger partial charge in [-0.3, -0.25) is 0 Å². The maximum atomic E-state index is 5.59. The van der Waals surface area contributed by atoms with Crippen LogP contribution in [-0.4, -0.2) is 51.7 Å². The fourth-order valence-corrected chi connectivity index (χ4v) is 2.42. The van der Waals surface area contributed by atoms with E-state index >= 15 is 0 Å². The van der Waals surface area contributed by atoms with E-state index in [0.29, 0.717) is 18.6 Å². The molecular formula is C12H23NO3. The fourth-order valence-electron chi connectivity index (χ4n) is 2.42. The van der Waals surface area contributed by atoms with Gasteiger partial charge in [0, 0.05) is 39.3 Å². The number of rotatable bonds is 5. The molecule has 3 atom stereocenters. The molecule has 2 aliphatic heterocycles. The van der Waals surface area contributed by atoms with E-state index in [9.17, 15) is 0 Å². The number of ether oxygens (including phenoxy) is 3. The molecule has 0 amide bonds. The van der Waals surface area contributed by atoms with E-state index in [-0.39, 0.29) is 5.60 Å². The van der Waals surface area contributed by atoms with Gasteiger partial charge in [0.25, 0.3) is 0 Å². The first kappa shape index (κ1) is 12.3. The first-order valence-electron chi connectivity index (χ1n) is 6.20. The quantitative estimate of drug-likeness (QED) is 0.757. The molecule has 1 N–H and O–H groups in total. The van der Waals surface area contributed by atoms with Crippen LogP contribution in [0.1, 0.15) is 19.8 Å². The normalized spacial score (nSPS) is 36.8. The van der Waals surface area contributed by atoms with Gasteiger partial charge in [0.1, 0.15) is 5.60 Å². The summed E-state index contributed by atoms with van der Waals surface area (Å²) >= 11 is 0. The molecule has 0 saturated carbocycles. The zero-order valence-electron chi connectivity index (χ0n) is 10.3. The predicted octanol–water partition coefficient (Wildman–Crippen LogP) is 0.806. The van der Waals surface area contributed by atoms with Crippen LogP contribution < -0.4 is 5.32 Å². The van der Waals surface area contributed by atoms with E-state index in [2.05, 4.69) is 12.2 Å². The van der Waals surface area contributed by atoms with Gasteiger partial charge in [-0.2, -0.15) is 0 Å². The summed E-state index contributed by atoms with van der Waals surface area (Å²) in [6.07, 6.45) is 2.16. The Morgan fingerprint density at radius 1 is 1.44 bits per heavy atom. The van der Waals surface area contributed by atoms with Crippen LogP contribution in [0.3, 0.4) is 0 Å². The van der Waals surface area contributed by atoms with Crippen molar-refractivity contribution in [2.75, 3.05) is 40.1 Å². The van der Waals surface area contributed by atoms with Crippen molar-refractivity contribution in [1.82, 2.24) is 5.32 Å². The lowest BCUT2D eigenvalue weighted by atomic mass is 9.98. The van der Waals surface area contributed by atoms with Crippen molar-refractivity contribution in [3.05, 3.63) is 0 Å². The molecule has 0 spiro atoms. The second-order valence-corrected chi connectivity index (χ2v) is 4.98. The van der Waals surface area contributed by atoms with Crippen molar-refractivity contribution in [3.8, 4) is 0 Å². The SMILES string of the molecule is COC1(CNC(C)C2CCOC2)CCOC1. The molecule has 0 radical (unpaired) electrons. The summed E-state index contributed by atoms with van der Waals surface area (Å²) < 4.78 is 16.4. The van der Waals surface area contributed by atoms with Crippen LogP contribution in [0.25, 0.3) is 0 Å². The number of methoxy groups -OCH3 is 1. The van der Waals surface area contributed by atoms with Gasteiger partial charge in [-0.05, 0) is 19.3 Å². The zero-order valence-corrected chi connectivity index (χ0v) is 10.3. The topological polar surface area (TPSA) is 39.7 Å². The van der Waals surface area contributed by atoms with Crippen molar-refractivity contribution < 1.29 is 14.2 Å². The van der Waals surface area contributed by atoms with Crippen LogP contribution in [0.5, 0.6) is 0 Å². The average Bonchev–Trinajstić information content (AvgIpc) is 2.98. The highest BCUT2D eigenvalue weighted by molar-refractivity contribution is 4.89. The van der Waals surface area contributed by atoms with Crippen LogP contribution >= 0.6 is 0 Å². The predicted molar refractivity (Wildman–Crippen MR) is 61.6 cm³/mol. The summed E-state index contributed by atoms with van der Waals surface area (Å²) in [6, 6.07) is 0.495. The van der Waals surface area contributed by atoms with Crippen molar-refractivity contribution in [1.29, 1.82) is 0 Å². The van der Waals surface area contributed by atoms with Crippen molar-refractivity contribution >= 4 is 0 Å². The highest BCUT2D eigenvalue weighted by Crippen LogP contribution is 2.23. The van der Waals surface area contributed by atoms with E-state index in [1.54, 1.807) is 7.11 Å². The van der Waals surface area contributed by atoms with Gasteiger partial charge in [0.2, 0.25) is 0 Å². The Balaban J connectivity index is 1.76. The summed E-state index contributed by atoms with van der Waals surface area (Å²) in [5.41, 5.74) is -0.103. The molecule has 0 aromatic heterocycles. The van der Waals surface area contributed by atoms with Crippen molar-refractivity contribution in [2.45, 2.75) is 31.4 Å². The molecule has 94 valence electrons. The Morgan fingerprint density at radius 3 is 2.88 bits per heavy atom. The van der Waals surface area contributed by atoms with Gasteiger partial charge in [-0.1, -0.05) is 0 Å². The Morgan fingerprint density at radius 2 is 2.31 bits per heavy atom. The van der Waals surface area contributed by atoms with Crippen LogP contribution in [0.4, 0.5) is 0 Å². The van der Waals surface area contributed by atoms with Crippen molar-refractivity contribution in [3.63, 3.8) is 0 Å². The zero-order chi connectivity index (χ0) is 11.4. The molecule has 4 nitrogen and oxygen atoms in total. The van der Waals surface area contributed by atoms with Crippen LogP contribution in [0.2, 0.25) is 0 Å². The van der Waals surface area contributed by atoms with Gasteiger partial charge in [0.15, 0.2) is 0 Å². The Bertz CT molecular complexity index is 210. The van der Waals surface area contributed by atoms with E-state index in [0.717, 1.165) is 32.8 Å². The first-order valence-corrected chi connectivity index (χ1v) is 6.20. The fraction of sp³-hybridized carbons (Fsp3) is 1.00. The molecule has 0 aromatic carbocycles. The van der Waals surface area contributed by atoms with E-state index < -0.39 is 0 Å². The maximum absolute atomic E-state index is 5.59. The molecule has 0 bridgehead atoms. The lowest BCUT2D eigenvalue weighted by Gasteiger charge is -2.29. The van der Waals surface area contributed by atoms with Crippen LogP contribution in [0.15, 0.2) is 0 Å². The van der Waals surface area contributed by atoms with E-state index in [1.807, 2.05) is 0 Å². The Hall–Kier alpha value is -0.160. The van der Waals surface area contributed by atoms with Gasteiger partial charge >= 0.3 is 0 Å². The number of hydrogen-bond donors (Lipinski definition) is 1. The monoisotopic (exact) mass is 229 g/mol. The highest BCUT2D eigenvalue weighted by Gasteiger charge is 2.35. The minimum atomic E-state index is -0.103. The number of nitrogens with one attached hydrogen (secondary N) is 1. The first-order chi connectivity index (χ1) is 7.76. The molecule has 2 aliphatic rings. The third-order valence-corrected chi connectivity index (χ3v) is 3.92. The molecular weight excluding hydrogens is 206 g/mol. The molecule has 3 unspecified atom stereocenters. The molecule has 0 aromatic rings. The Labute approximate surface area is 97.6 Å². The van der Waals surface area contributed by atoms with Crippen molar-refractivity contribution in [2.24, 2.45) is 5.92 Å². The van der Waals surface area contributed by atoms with Gasteiger partial charge in [-0.25, -0.2) is 0 Å². The van der Waals surface area contributed by atoms with Gasteiger partial charge in [-0.15, -0.1) is 0 Å². The van der Waals surface area contributed by atoms with E-state index in [1.165, 1.54) is 6.42 Å².